The smallest absolute Gasteiger partial charge is 0.0392 e. The highest BCUT2D eigenvalue weighted by atomic mass is 14.9. The average Bonchev–Trinajstić information content (AvgIpc) is 2.32. The van der Waals surface area contributed by atoms with E-state index in [2.05, 4.69) is 39.6 Å². The molecule has 0 radical (unpaired) electrons. The van der Waals surface area contributed by atoms with Crippen molar-refractivity contribution >= 4 is 6.21 Å². The van der Waals surface area contributed by atoms with E-state index in [1.54, 1.807) is 0 Å². The Morgan fingerprint density at radius 2 is 2.00 bits per heavy atom. The van der Waals surface area contributed by atoms with Gasteiger partial charge in [-0.3, -0.25) is 0 Å². The maximum atomic E-state index is 7.31. The monoisotopic (exact) mass is 248 g/mol. The summed E-state index contributed by atoms with van der Waals surface area (Å²) in [6.07, 6.45) is 9.35. The van der Waals surface area contributed by atoms with Gasteiger partial charge in [0.15, 0.2) is 0 Å². The Morgan fingerprint density at radius 1 is 1.33 bits per heavy atom. The number of allylic oxidation sites excluding steroid dienone is 4. The van der Waals surface area contributed by atoms with Crippen LogP contribution in [0.15, 0.2) is 35.6 Å². The summed E-state index contributed by atoms with van der Waals surface area (Å²) < 4.78 is 0. The molecule has 0 bridgehead atoms. The first kappa shape index (κ1) is 16.7. The predicted molar refractivity (Wildman–Crippen MR) is 82.2 cm³/mol. The van der Waals surface area contributed by atoms with E-state index >= 15 is 0 Å². The molecule has 0 aromatic heterocycles. The van der Waals surface area contributed by atoms with Gasteiger partial charge < -0.3 is 10.7 Å². The van der Waals surface area contributed by atoms with E-state index in [1.807, 2.05) is 12.2 Å². The first-order valence-corrected chi connectivity index (χ1v) is 6.90. The van der Waals surface area contributed by atoms with E-state index in [9.17, 15) is 0 Å². The molecular formula is C16H28N2. The molecule has 0 aliphatic rings. The zero-order chi connectivity index (χ0) is 14.0. The summed E-state index contributed by atoms with van der Waals surface area (Å²) in [5, 5.41) is 10.8. The third-order valence-corrected chi connectivity index (χ3v) is 2.77. The van der Waals surface area contributed by atoms with Gasteiger partial charge in [0.25, 0.3) is 0 Å². The number of hydrogen-bond acceptors (Lipinski definition) is 2. The first-order valence-electron chi connectivity index (χ1n) is 6.90. The maximum absolute atomic E-state index is 7.31. The van der Waals surface area contributed by atoms with E-state index in [0.29, 0.717) is 6.04 Å². The lowest BCUT2D eigenvalue weighted by Gasteiger charge is -2.20. The molecule has 0 amide bonds. The minimum absolute atomic E-state index is 0.371. The molecule has 18 heavy (non-hydrogen) atoms. The zero-order valence-corrected chi connectivity index (χ0v) is 12.3. The van der Waals surface area contributed by atoms with E-state index in [0.717, 1.165) is 31.4 Å². The second-order valence-electron chi connectivity index (χ2n) is 4.72. The fourth-order valence-corrected chi connectivity index (χ4v) is 2.06. The quantitative estimate of drug-likeness (QED) is 0.349. The minimum Gasteiger partial charge on any atom is -0.383 e. The fourth-order valence-electron chi connectivity index (χ4n) is 2.06. The minimum atomic E-state index is 0.371. The molecule has 0 aliphatic heterocycles. The highest BCUT2D eigenvalue weighted by Crippen LogP contribution is 2.23. The van der Waals surface area contributed by atoms with Crippen LogP contribution in [-0.4, -0.2) is 12.3 Å². The van der Waals surface area contributed by atoms with Gasteiger partial charge in [-0.05, 0) is 44.8 Å². The van der Waals surface area contributed by atoms with Crippen molar-refractivity contribution in [2.24, 2.45) is 0 Å². The summed E-state index contributed by atoms with van der Waals surface area (Å²) in [5.74, 6) is 0. The molecule has 2 N–H and O–H groups in total. The Morgan fingerprint density at radius 3 is 2.39 bits per heavy atom. The predicted octanol–water partition coefficient (Wildman–Crippen LogP) is 4.60. The van der Waals surface area contributed by atoms with Crippen molar-refractivity contribution in [2.75, 3.05) is 0 Å². The van der Waals surface area contributed by atoms with E-state index in [-0.39, 0.29) is 0 Å². The second-order valence-corrected chi connectivity index (χ2v) is 4.72. The lowest BCUT2D eigenvalue weighted by molar-refractivity contribution is 0.667. The molecule has 0 rings (SSSR count). The molecule has 0 heterocycles. The Labute approximate surface area is 112 Å². The van der Waals surface area contributed by atoms with Gasteiger partial charge in [-0.2, -0.15) is 0 Å². The molecule has 2 nitrogen and oxygen atoms in total. The fraction of sp³-hybridized carbons (Fsp3) is 0.562. The molecule has 0 unspecified atom stereocenters. The summed E-state index contributed by atoms with van der Waals surface area (Å²) in [6, 6.07) is 0.371. The Bertz CT molecular complexity index is 322. The largest absolute Gasteiger partial charge is 0.383 e. The van der Waals surface area contributed by atoms with Gasteiger partial charge in [-0.1, -0.05) is 31.9 Å². The van der Waals surface area contributed by atoms with E-state index in [4.69, 9.17) is 5.41 Å². The van der Waals surface area contributed by atoms with Gasteiger partial charge in [0, 0.05) is 18.0 Å². The lowest BCUT2D eigenvalue weighted by atomic mass is 9.95. The third-order valence-electron chi connectivity index (χ3n) is 2.77. The Kier molecular flexibility index (Phi) is 8.99. The standard InChI is InChI=1S/C16H28N2/c1-6-9-14(8-3)15(10-7-2)16(11-12-17)18-13(4)5/h7,11-13,17-18H,2,6,8-10H2,1,3-5H3/b15-14+,16-11-,17-12?. The van der Waals surface area contributed by atoms with Crippen LogP contribution in [-0.2, 0) is 0 Å². The lowest BCUT2D eigenvalue weighted by Crippen LogP contribution is -2.24. The molecule has 102 valence electrons. The number of nitrogens with one attached hydrogen (secondary N) is 2. The zero-order valence-electron chi connectivity index (χ0n) is 12.3. The number of rotatable bonds is 9. The highest BCUT2D eigenvalue weighted by molar-refractivity contribution is 5.70. The van der Waals surface area contributed by atoms with Crippen molar-refractivity contribution in [1.82, 2.24) is 5.32 Å². The van der Waals surface area contributed by atoms with Crippen LogP contribution in [0.5, 0.6) is 0 Å². The van der Waals surface area contributed by atoms with Crippen LogP contribution in [0.25, 0.3) is 0 Å². The summed E-state index contributed by atoms with van der Waals surface area (Å²) in [6.45, 7) is 12.5. The number of hydrogen-bond donors (Lipinski definition) is 2. The van der Waals surface area contributed by atoms with Gasteiger partial charge in [0.2, 0.25) is 0 Å². The van der Waals surface area contributed by atoms with Crippen LogP contribution >= 0.6 is 0 Å². The first-order chi connectivity index (χ1) is 8.60. The van der Waals surface area contributed by atoms with Crippen LogP contribution in [0.2, 0.25) is 0 Å². The van der Waals surface area contributed by atoms with Crippen molar-refractivity contribution in [3.63, 3.8) is 0 Å². The molecule has 0 aromatic rings. The maximum Gasteiger partial charge on any atom is 0.0392 e. The van der Waals surface area contributed by atoms with Crippen molar-refractivity contribution < 1.29 is 0 Å². The Hall–Kier alpha value is -1.31. The van der Waals surface area contributed by atoms with E-state index in [1.165, 1.54) is 17.4 Å². The van der Waals surface area contributed by atoms with Crippen LogP contribution in [0, 0.1) is 5.41 Å². The van der Waals surface area contributed by atoms with Gasteiger partial charge in [0.05, 0.1) is 0 Å². The molecule has 0 fully saturated rings. The van der Waals surface area contributed by atoms with Crippen molar-refractivity contribution in [3.8, 4) is 0 Å². The van der Waals surface area contributed by atoms with Crippen LogP contribution in [0.3, 0.4) is 0 Å². The molecule has 0 saturated carbocycles. The van der Waals surface area contributed by atoms with Crippen molar-refractivity contribution in [3.05, 3.63) is 35.6 Å². The molecule has 2 heteroatoms. The molecular weight excluding hydrogens is 220 g/mol. The molecule has 0 saturated heterocycles. The van der Waals surface area contributed by atoms with E-state index < -0.39 is 0 Å². The van der Waals surface area contributed by atoms with Crippen molar-refractivity contribution in [1.29, 1.82) is 5.41 Å². The van der Waals surface area contributed by atoms with Crippen LogP contribution < -0.4 is 5.32 Å². The molecule has 0 aliphatic carbocycles. The van der Waals surface area contributed by atoms with Gasteiger partial charge in [-0.25, -0.2) is 0 Å². The summed E-state index contributed by atoms with van der Waals surface area (Å²) in [5.41, 5.74) is 3.86. The van der Waals surface area contributed by atoms with Crippen LogP contribution in [0.1, 0.15) is 53.4 Å². The second kappa shape index (κ2) is 9.69. The average molecular weight is 248 g/mol. The topological polar surface area (TPSA) is 35.9 Å². The Balaban J connectivity index is 5.42. The highest BCUT2D eigenvalue weighted by Gasteiger charge is 2.10. The summed E-state index contributed by atoms with van der Waals surface area (Å²) in [4.78, 5) is 0. The SMILES string of the molecule is C=CCC(/C(=C/C=N)NC(C)C)=C(/CC)CCC. The van der Waals surface area contributed by atoms with Crippen LogP contribution in [0.4, 0.5) is 0 Å². The van der Waals surface area contributed by atoms with Crippen molar-refractivity contribution in [2.45, 2.75) is 59.4 Å². The van der Waals surface area contributed by atoms with Gasteiger partial charge in [-0.15, -0.1) is 6.58 Å². The molecule has 0 spiro atoms. The normalized spacial score (nSPS) is 13.3. The summed E-state index contributed by atoms with van der Waals surface area (Å²) >= 11 is 0. The third kappa shape index (κ3) is 5.85. The van der Waals surface area contributed by atoms with Gasteiger partial charge >= 0.3 is 0 Å². The molecule has 0 aromatic carbocycles. The molecule has 0 atom stereocenters. The summed E-state index contributed by atoms with van der Waals surface area (Å²) in [7, 11) is 0. The van der Waals surface area contributed by atoms with Gasteiger partial charge in [0.1, 0.15) is 0 Å².